The van der Waals surface area contributed by atoms with Gasteiger partial charge in [-0.3, -0.25) is 9.13 Å². The van der Waals surface area contributed by atoms with Crippen LogP contribution in [0.1, 0.15) is 12.2 Å². The van der Waals surface area contributed by atoms with E-state index in [4.69, 9.17) is 14.7 Å². The van der Waals surface area contributed by atoms with Crippen LogP contribution in [0.4, 0.5) is 5.82 Å². The van der Waals surface area contributed by atoms with E-state index in [1.807, 2.05) is 42.5 Å². The summed E-state index contributed by atoms with van der Waals surface area (Å²) < 4.78 is 8.95. The Morgan fingerprint density at radius 3 is 2.67 bits per heavy atom. The lowest BCUT2D eigenvalue weighted by molar-refractivity contribution is 0.186. The van der Waals surface area contributed by atoms with Gasteiger partial charge in [0.25, 0.3) is 0 Å². The predicted molar refractivity (Wildman–Crippen MR) is 118 cm³/mol. The van der Waals surface area contributed by atoms with Crippen LogP contribution in [0.25, 0.3) is 21.9 Å². The van der Waals surface area contributed by atoms with E-state index >= 15 is 0 Å². The fraction of sp³-hybridized carbons (Fsp3) is 0.348. The Kier molecular flexibility index (Phi) is 4.75. The number of rotatable bonds is 5. The van der Waals surface area contributed by atoms with Crippen molar-refractivity contribution in [3.8, 4) is 0 Å². The number of imidazole rings is 1. The van der Waals surface area contributed by atoms with Crippen LogP contribution in [0.2, 0.25) is 0 Å². The minimum Gasteiger partial charge on any atom is -0.381 e. The predicted octanol–water partition coefficient (Wildman–Crippen LogP) is 2.80. The largest absolute Gasteiger partial charge is 0.381 e. The SMILES string of the molecule is CN(CC1CCOC1)c1nc(Cn2c(=O)n(C)c3ccccc32)nc2ccccc12. The van der Waals surface area contributed by atoms with E-state index in [1.54, 1.807) is 16.2 Å². The number of anilines is 1. The van der Waals surface area contributed by atoms with E-state index < -0.39 is 0 Å². The van der Waals surface area contributed by atoms with Crippen molar-refractivity contribution in [2.24, 2.45) is 13.0 Å². The van der Waals surface area contributed by atoms with Gasteiger partial charge in [-0.25, -0.2) is 14.8 Å². The quantitative estimate of drug-likeness (QED) is 0.513. The Labute approximate surface area is 174 Å². The van der Waals surface area contributed by atoms with Crippen LogP contribution in [-0.2, 0) is 18.3 Å². The van der Waals surface area contributed by atoms with E-state index in [0.717, 1.165) is 53.9 Å². The Bertz CT molecular complexity index is 1270. The van der Waals surface area contributed by atoms with Crippen molar-refractivity contribution in [1.82, 2.24) is 19.1 Å². The van der Waals surface area contributed by atoms with Crippen LogP contribution in [0.5, 0.6) is 0 Å². The van der Waals surface area contributed by atoms with E-state index in [1.165, 1.54) is 0 Å². The maximum absolute atomic E-state index is 12.9. The smallest absolute Gasteiger partial charge is 0.329 e. The summed E-state index contributed by atoms with van der Waals surface area (Å²) in [7, 11) is 3.87. The van der Waals surface area contributed by atoms with Crippen molar-refractivity contribution in [2.45, 2.75) is 13.0 Å². The molecule has 1 aliphatic rings. The highest BCUT2D eigenvalue weighted by Crippen LogP contribution is 2.25. The van der Waals surface area contributed by atoms with Crippen molar-refractivity contribution in [3.63, 3.8) is 0 Å². The number of hydrogen-bond acceptors (Lipinski definition) is 5. The molecule has 1 atom stereocenters. The first kappa shape index (κ1) is 18.8. The number of ether oxygens (including phenoxy) is 1. The summed E-state index contributed by atoms with van der Waals surface area (Å²) in [6, 6.07) is 15.9. The van der Waals surface area contributed by atoms with Crippen molar-refractivity contribution in [2.75, 3.05) is 31.7 Å². The van der Waals surface area contributed by atoms with E-state index in [-0.39, 0.29) is 5.69 Å². The van der Waals surface area contributed by atoms with Gasteiger partial charge in [0, 0.05) is 38.6 Å². The molecule has 7 heteroatoms. The number of para-hydroxylation sites is 3. The van der Waals surface area contributed by atoms with E-state index in [2.05, 4.69) is 18.0 Å². The van der Waals surface area contributed by atoms with Crippen LogP contribution in [0.15, 0.2) is 53.3 Å². The standard InChI is InChI=1S/C23H25N5O2/c1-26(13-16-11-12-30-15-16)22-17-7-3-4-8-18(17)24-21(25-22)14-28-20-10-6-5-9-19(20)27(2)23(28)29/h3-10,16H,11-15H2,1-2H3. The third kappa shape index (κ3) is 3.25. The third-order valence-corrected chi connectivity index (χ3v) is 5.90. The molecule has 2 aromatic heterocycles. The molecule has 2 aromatic carbocycles. The maximum Gasteiger partial charge on any atom is 0.329 e. The van der Waals surface area contributed by atoms with Crippen LogP contribution >= 0.6 is 0 Å². The van der Waals surface area contributed by atoms with Crippen LogP contribution in [0, 0.1) is 5.92 Å². The topological polar surface area (TPSA) is 65.2 Å². The van der Waals surface area contributed by atoms with Crippen molar-refractivity contribution in [1.29, 1.82) is 0 Å². The summed E-state index contributed by atoms with van der Waals surface area (Å²) >= 11 is 0. The molecule has 0 aliphatic carbocycles. The Hall–Kier alpha value is -3.19. The molecule has 1 saturated heterocycles. The van der Waals surface area contributed by atoms with Gasteiger partial charge < -0.3 is 9.64 Å². The van der Waals surface area contributed by atoms with Gasteiger partial charge in [-0.05, 0) is 30.7 Å². The number of nitrogens with zero attached hydrogens (tertiary/aromatic N) is 5. The minimum absolute atomic E-state index is 0.0639. The molecule has 4 aromatic rings. The van der Waals surface area contributed by atoms with Gasteiger partial charge in [0.05, 0.1) is 29.7 Å². The van der Waals surface area contributed by atoms with E-state index in [9.17, 15) is 4.79 Å². The summed E-state index contributed by atoms with van der Waals surface area (Å²) in [5.41, 5.74) is 2.62. The van der Waals surface area contributed by atoms with Crippen molar-refractivity contribution >= 4 is 27.8 Å². The summed E-state index contributed by atoms with van der Waals surface area (Å²) in [6.07, 6.45) is 1.08. The number of aromatic nitrogens is 4. The highest BCUT2D eigenvalue weighted by atomic mass is 16.5. The maximum atomic E-state index is 12.9. The molecule has 0 amide bonds. The zero-order valence-electron chi connectivity index (χ0n) is 17.3. The molecule has 0 radical (unpaired) electrons. The van der Waals surface area contributed by atoms with Gasteiger partial charge >= 0.3 is 5.69 Å². The number of benzene rings is 2. The highest BCUT2D eigenvalue weighted by Gasteiger charge is 2.20. The fourth-order valence-electron chi connectivity index (χ4n) is 4.33. The van der Waals surface area contributed by atoms with Crippen molar-refractivity contribution in [3.05, 3.63) is 64.8 Å². The molecule has 1 aliphatic heterocycles. The lowest BCUT2D eigenvalue weighted by atomic mass is 10.1. The summed E-state index contributed by atoms with van der Waals surface area (Å²) in [4.78, 5) is 24.7. The second-order valence-electron chi connectivity index (χ2n) is 8.01. The van der Waals surface area contributed by atoms with Crippen LogP contribution in [0.3, 0.4) is 0 Å². The second-order valence-corrected chi connectivity index (χ2v) is 8.01. The van der Waals surface area contributed by atoms with Crippen LogP contribution in [-0.4, -0.2) is 45.9 Å². The first-order chi connectivity index (χ1) is 14.6. The van der Waals surface area contributed by atoms with Crippen molar-refractivity contribution < 1.29 is 4.74 Å². The van der Waals surface area contributed by atoms with E-state index in [0.29, 0.717) is 18.3 Å². The molecule has 5 rings (SSSR count). The molecule has 1 unspecified atom stereocenters. The molecule has 154 valence electrons. The molecular weight excluding hydrogens is 378 g/mol. The summed E-state index contributed by atoms with van der Waals surface area (Å²) in [5.74, 6) is 2.04. The fourth-order valence-corrected chi connectivity index (χ4v) is 4.33. The van der Waals surface area contributed by atoms with Crippen LogP contribution < -0.4 is 10.6 Å². The first-order valence-electron chi connectivity index (χ1n) is 10.3. The molecule has 0 spiro atoms. The molecular formula is C23H25N5O2. The monoisotopic (exact) mass is 403 g/mol. The average Bonchev–Trinajstić information content (AvgIpc) is 3.36. The van der Waals surface area contributed by atoms with Gasteiger partial charge in [0.1, 0.15) is 5.82 Å². The molecule has 7 nitrogen and oxygen atoms in total. The Balaban J connectivity index is 1.57. The molecule has 0 N–H and O–H groups in total. The lowest BCUT2D eigenvalue weighted by Gasteiger charge is -2.23. The molecule has 3 heterocycles. The minimum atomic E-state index is -0.0639. The van der Waals surface area contributed by atoms with Gasteiger partial charge in [0.2, 0.25) is 0 Å². The second kappa shape index (κ2) is 7.57. The summed E-state index contributed by atoms with van der Waals surface area (Å²) in [6.45, 7) is 2.84. The molecule has 1 fully saturated rings. The first-order valence-corrected chi connectivity index (χ1v) is 10.3. The van der Waals surface area contributed by atoms with Gasteiger partial charge in [-0.15, -0.1) is 0 Å². The molecule has 30 heavy (non-hydrogen) atoms. The zero-order valence-corrected chi connectivity index (χ0v) is 17.3. The number of hydrogen-bond donors (Lipinski definition) is 0. The Morgan fingerprint density at radius 2 is 1.87 bits per heavy atom. The number of aryl methyl sites for hydroxylation is 1. The van der Waals surface area contributed by atoms with Gasteiger partial charge in [-0.1, -0.05) is 24.3 Å². The number of fused-ring (bicyclic) bond motifs is 2. The zero-order chi connectivity index (χ0) is 20.7. The summed E-state index contributed by atoms with van der Waals surface area (Å²) in [5, 5.41) is 1.02. The Morgan fingerprint density at radius 1 is 1.10 bits per heavy atom. The normalized spacial score (nSPS) is 16.5. The van der Waals surface area contributed by atoms with Gasteiger partial charge in [-0.2, -0.15) is 0 Å². The molecule has 0 bridgehead atoms. The average molecular weight is 403 g/mol. The molecule has 0 saturated carbocycles. The lowest BCUT2D eigenvalue weighted by Crippen LogP contribution is -2.28. The highest BCUT2D eigenvalue weighted by molar-refractivity contribution is 5.89. The van der Waals surface area contributed by atoms with Gasteiger partial charge in [0.15, 0.2) is 5.82 Å². The third-order valence-electron chi connectivity index (χ3n) is 5.90.